The molecule has 0 aliphatic carbocycles. The standard InChI is InChI=1S/C28H38ClFN2O5/c1-5-36-26(34)21(12-13-31-14-15-33)17-23(32-27(35)37-28(2,3)4)16-19-6-8-20(9-7-19)24-18-22(29)10-11-25(24)30/h6-11,18,21,23,31,33H,5,12-17H2,1-4H3,(H,32,35)/t21-,23-/m1/s1. The fourth-order valence-electron chi connectivity index (χ4n) is 3.91. The van der Waals surface area contributed by atoms with E-state index in [1.807, 2.05) is 12.1 Å². The first-order valence-electron chi connectivity index (χ1n) is 12.5. The number of esters is 1. The average molecular weight is 537 g/mol. The van der Waals surface area contributed by atoms with Crippen LogP contribution in [0, 0.1) is 11.7 Å². The average Bonchev–Trinajstić information content (AvgIpc) is 2.82. The van der Waals surface area contributed by atoms with Crippen LogP contribution in [0.5, 0.6) is 0 Å². The van der Waals surface area contributed by atoms with E-state index in [-0.39, 0.29) is 25.0 Å². The zero-order valence-electron chi connectivity index (χ0n) is 22.0. The number of carbonyl (C=O) groups is 2. The van der Waals surface area contributed by atoms with Crippen molar-refractivity contribution in [3.8, 4) is 11.1 Å². The van der Waals surface area contributed by atoms with Gasteiger partial charge in [-0.25, -0.2) is 9.18 Å². The molecule has 2 aromatic rings. The molecule has 0 aliphatic heterocycles. The van der Waals surface area contributed by atoms with Gasteiger partial charge >= 0.3 is 12.1 Å². The molecule has 3 N–H and O–H groups in total. The topological polar surface area (TPSA) is 96.9 Å². The van der Waals surface area contributed by atoms with Gasteiger partial charge in [-0.05, 0) is 82.8 Å². The number of rotatable bonds is 13. The van der Waals surface area contributed by atoms with Gasteiger partial charge in [0.25, 0.3) is 0 Å². The summed E-state index contributed by atoms with van der Waals surface area (Å²) in [7, 11) is 0. The van der Waals surface area contributed by atoms with Gasteiger partial charge in [-0.1, -0.05) is 35.9 Å². The largest absolute Gasteiger partial charge is 0.466 e. The Morgan fingerprint density at radius 3 is 2.43 bits per heavy atom. The Balaban J connectivity index is 2.22. The summed E-state index contributed by atoms with van der Waals surface area (Å²) in [5, 5.41) is 15.4. The minimum absolute atomic E-state index is 0.00196. The molecule has 0 aromatic heterocycles. The quantitative estimate of drug-likeness (QED) is 0.243. The molecule has 0 unspecified atom stereocenters. The molecule has 2 atom stereocenters. The number of nitrogens with one attached hydrogen (secondary N) is 2. The second-order valence-corrected chi connectivity index (χ2v) is 10.3. The third-order valence-corrected chi connectivity index (χ3v) is 5.78. The van der Waals surface area contributed by atoms with Crippen LogP contribution in [0.2, 0.25) is 5.02 Å². The van der Waals surface area contributed by atoms with Gasteiger partial charge in [0.05, 0.1) is 19.1 Å². The highest BCUT2D eigenvalue weighted by Crippen LogP contribution is 2.27. The van der Waals surface area contributed by atoms with Crippen molar-refractivity contribution in [1.82, 2.24) is 10.6 Å². The third-order valence-electron chi connectivity index (χ3n) is 5.54. The maximum absolute atomic E-state index is 14.3. The number of hydrogen-bond donors (Lipinski definition) is 3. The Hall–Kier alpha value is -2.68. The van der Waals surface area contributed by atoms with Gasteiger partial charge in [0, 0.05) is 23.2 Å². The highest BCUT2D eigenvalue weighted by molar-refractivity contribution is 6.30. The van der Waals surface area contributed by atoms with Crippen molar-refractivity contribution in [3.63, 3.8) is 0 Å². The predicted octanol–water partition coefficient (Wildman–Crippen LogP) is 5.12. The Morgan fingerprint density at radius 1 is 1.11 bits per heavy atom. The van der Waals surface area contributed by atoms with Crippen molar-refractivity contribution in [2.45, 2.75) is 58.6 Å². The van der Waals surface area contributed by atoms with E-state index in [1.54, 1.807) is 45.9 Å². The first kappa shape index (κ1) is 30.5. The number of carbonyl (C=O) groups excluding carboxylic acids is 2. The molecule has 0 fully saturated rings. The lowest BCUT2D eigenvalue weighted by Gasteiger charge is -2.26. The van der Waals surface area contributed by atoms with E-state index in [9.17, 15) is 14.0 Å². The summed E-state index contributed by atoms with van der Waals surface area (Å²) in [6, 6.07) is 11.3. The SMILES string of the molecule is CCOC(=O)[C@H](CCNCCO)C[C@@H](Cc1ccc(-c2cc(Cl)ccc2F)cc1)NC(=O)OC(C)(C)C. The van der Waals surface area contributed by atoms with Gasteiger partial charge in [0.1, 0.15) is 11.4 Å². The van der Waals surface area contributed by atoms with Gasteiger partial charge in [0.2, 0.25) is 0 Å². The second-order valence-electron chi connectivity index (χ2n) is 9.82. The minimum atomic E-state index is -0.675. The van der Waals surface area contributed by atoms with Crippen LogP contribution in [0.3, 0.4) is 0 Å². The molecular weight excluding hydrogens is 499 g/mol. The molecule has 0 saturated heterocycles. The number of amides is 1. The first-order chi connectivity index (χ1) is 17.5. The van der Waals surface area contributed by atoms with E-state index in [4.69, 9.17) is 26.2 Å². The summed E-state index contributed by atoms with van der Waals surface area (Å²) in [5.41, 5.74) is 1.31. The number of halogens is 2. The zero-order valence-corrected chi connectivity index (χ0v) is 22.7. The van der Waals surface area contributed by atoms with E-state index < -0.39 is 23.7 Å². The van der Waals surface area contributed by atoms with E-state index in [1.165, 1.54) is 12.1 Å². The summed E-state index contributed by atoms with van der Waals surface area (Å²) in [5.74, 6) is -1.17. The first-order valence-corrected chi connectivity index (χ1v) is 12.9. The summed E-state index contributed by atoms with van der Waals surface area (Å²) in [6.07, 6.45) is 0.676. The van der Waals surface area contributed by atoms with Crippen LogP contribution >= 0.6 is 11.6 Å². The lowest BCUT2D eigenvalue weighted by molar-refractivity contribution is -0.148. The van der Waals surface area contributed by atoms with Crippen molar-refractivity contribution in [2.75, 3.05) is 26.3 Å². The number of alkyl carbamates (subject to hydrolysis) is 1. The maximum Gasteiger partial charge on any atom is 0.407 e. The molecule has 9 heteroatoms. The minimum Gasteiger partial charge on any atom is -0.466 e. The third kappa shape index (κ3) is 11.1. The Morgan fingerprint density at radius 2 is 1.81 bits per heavy atom. The lowest BCUT2D eigenvalue weighted by atomic mass is 9.92. The number of aliphatic hydroxyl groups excluding tert-OH is 1. The molecule has 0 radical (unpaired) electrons. The molecule has 1 amide bonds. The van der Waals surface area contributed by atoms with Crippen LogP contribution in [0.4, 0.5) is 9.18 Å². The van der Waals surface area contributed by atoms with Gasteiger partial charge in [0.15, 0.2) is 0 Å². The van der Waals surface area contributed by atoms with Crippen LogP contribution < -0.4 is 10.6 Å². The highest BCUT2D eigenvalue weighted by atomic mass is 35.5. The molecule has 2 aromatic carbocycles. The second kappa shape index (κ2) is 14.9. The van der Waals surface area contributed by atoms with Crippen LogP contribution in [-0.2, 0) is 20.7 Å². The smallest absolute Gasteiger partial charge is 0.407 e. The van der Waals surface area contributed by atoms with Gasteiger partial charge in [-0.2, -0.15) is 0 Å². The number of aliphatic hydroxyl groups is 1. The molecule has 0 bridgehead atoms. The van der Waals surface area contributed by atoms with Crippen LogP contribution in [0.15, 0.2) is 42.5 Å². The molecule has 0 heterocycles. The van der Waals surface area contributed by atoms with Crippen molar-refractivity contribution in [3.05, 3.63) is 58.9 Å². The van der Waals surface area contributed by atoms with Crippen molar-refractivity contribution in [2.24, 2.45) is 5.92 Å². The summed E-state index contributed by atoms with van der Waals surface area (Å²) < 4.78 is 25.0. The van der Waals surface area contributed by atoms with E-state index in [2.05, 4.69) is 10.6 Å². The lowest BCUT2D eigenvalue weighted by Crippen LogP contribution is -2.42. The maximum atomic E-state index is 14.3. The zero-order chi connectivity index (χ0) is 27.4. The Bertz CT molecular complexity index is 1010. The van der Waals surface area contributed by atoms with E-state index in [0.29, 0.717) is 48.5 Å². The molecule has 7 nitrogen and oxygen atoms in total. The molecular formula is C28H38ClFN2O5. The summed E-state index contributed by atoms with van der Waals surface area (Å²) in [6.45, 7) is 8.29. The number of benzene rings is 2. The molecule has 37 heavy (non-hydrogen) atoms. The van der Waals surface area contributed by atoms with Crippen LogP contribution in [-0.4, -0.2) is 55.1 Å². The van der Waals surface area contributed by atoms with E-state index in [0.717, 1.165) is 5.56 Å². The number of ether oxygens (including phenoxy) is 2. The highest BCUT2D eigenvalue weighted by Gasteiger charge is 2.27. The van der Waals surface area contributed by atoms with Gasteiger partial charge in [-0.3, -0.25) is 4.79 Å². The molecule has 2 rings (SSSR count). The predicted molar refractivity (Wildman–Crippen MR) is 143 cm³/mol. The van der Waals surface area contributed by atoms with Crippen LogP contribution in [0.1, 0.15) is 46.1 Å². The van der Waals surface area contributed by atoms with Crippen molar-refractivity contribution < 1.29 is 28.6 Å². The normalized spacial score (nSPS) is 13.1. The molecule has 204 valence electrons. The van der Waals surface area contributed by atoms with Crippen molar-refractivity contribution in [1.29, 1.82) is 0 Å². The number of hydrogen-bond acceptors (Lipinski definition) is 6. The molecule has 0 spiro atoms. The fourth-order valence-corrected chi connectivity index (χ4v) is 4.08. The fraction of sp³-hybridized carbons (Fsp3) is 0.500. The summed E-state index contributed by atoms with van der Waals surface area (Å²) >= 11 is 6.04. The van der Waals surface area contributed by atoms with Gasteiger partial charge in [-0.15, -0.1) is 0 Å². The Kier molecular flexibility index (Phi) is 12.3. The monoisotopic (exact) mass is 536 g/mol. The van der Waals surface area contributed by atoms with Crippen molar-refractivity contribution >= 4 is 23.7 Å². The van der Waals surface area contributed by atoms with E-state index >= 15 is 0 Å². The molecule has 0 aliphatic rings. The van der Waals surface area contributed by atoms with Gasteiger partial charge < -0.3 is 25.2 Å². The Labute approximate surface area is 223 Å². The summed E-state index contributed by atoms with van der Waals surface area (Å²) in [4.78, 5) is 25.3. The molecule has 0 saturated carbocycles. The van der Waals surface area contributed by atoms with Crippen LogP contribution in [0.25, 0.3) is 11.1 Å².